The third-order valence-corrected chi connectivity index (χ3v) is 3.96. The molecule has 0 aromatic carbocycles. The Morgan fingerprint density at radius 2 is 2.41 bits per heavy atom. The van der Waals surface area contributed by atoms with Gasteiger partial charge in [-0.1, -0.05) is 0 Å². The predicted octanol–water partition coefficient (Wildman–Crippen LogP) is 1.54. The Morgan fingerprint density at radius 1 is 1.59 bits per heavy atom. The summed E-state index contributed by atoms with van der Waals surface area (Å²) < 4.78 is 1.98. The van der Waals surface area contributed by atoms with E-state index in [1.54, 1.807) is 0 Å². The van der Waals surface area contributed by atoms with E-state index in [0.29, 0.717) is 6.04 Å². The van der Waals surface area contributed by atoms with Crippen molar-refractivity contribution in [2.24, 2.45) is 18.7 Å². The van der Waals surface area contributed by atoms with Gasteiger partial charge in [-0.2, -0.15) is 5.10 Å². The number of hydrogen-bond acceptors (Lipinski definition) is 3. The van der Waals surface area contributed by atoms with Crippen LogP contribution in [0.4, 0.5) is 0 Å². The minimum atomic E-state index is 0.461. The molecule has 0 saturated carbocycles. The summed E-state index contributed by atoms with van der Waals surface area (Å²) in [5, 5.41) is 4.26. The summed E-state index contributed by atoms with van der Waals surface area (Å²) in [5.41, 5.74) is 6.97. The highest BCUT2D eigenvalue weighted by atomic mass is 15.3. The van der Waals surface area contributed by atoms with Crippen molar-refractivity contribution in [2.45, 2.75) is 32.2 Å². The first-order valence-corrected chi connectivity index (χ1v) is 6.64. The maximum atomic E-state index is 5.67. The molecule has 0 amide bonds. The van der Waals surface area contributed by atoms with Crippen molar-refractivity contribution in [2.75, 3.05) is 19.6 Å². The molecule has 0 aliphatic carbocycles. The van der Waals surface area contributed by atoms with Crippen molar-refractivity contribution < 1.29 is 0 Å². The Hall–Kier alpha value is -0.870. The second-order valence-corrected chi connectivity index (χ2v) is 5.14. The van der Waals surface area contributed by atoms with Gasteiger partial charge in [-0.3, -0.25) is 9.58 Å². The molecule has 0 bridgehead atoms. The summed E-state index contributed by atoms with van der Waals surface area (Å²) in [4.78, 5) is 2.57. The van der Waals surface area contributed by atoms with Crippen LogP contribution in [0, 0.1) is 5.92 Å². The van der Waals surface area contributed by atoms with Gasteiger partial charge >= 0.3 is 0 Å². The third kappa shape index (κ3) is 2.87. The van der Waals surface area contributed by atoms with Gasteiger partial charge in [0, 0.05) is 25.8 Å². The molecule has 4 nitrogen and oxygen atoms in total. The maximum Gasteiger partial charge on any atom is 0.0549 e. The Labute approximate surface area is 104 Å². The molecule has 0 spiro atoms. The largest absolute Gasteiger partial charge is 0.330 e. The lowest BCUT2D eigenvalue weighted by molar-refractivity contribution is 0.124. The van der Waals surface area contributed by atoms with Crippen molar-refractivity contribution in [3.05, 3.63) is 18.0 Å². The summed E-state index contributed by atoms with van der Waals surface area (Å²) in [6.07, 6.45) is 5.68. The van der Waals surface area contributed by atoms with Crippen LogP contribution in [-0.2, 0) is 7.05 Å². The van der Waals surface area contributed by atoms with E-state index in [1.807, 2.05) is 17.9 Å². The minimum Gasteiger partial charge on any atom is -0.330 e. The number of nitrogens with two attached hydrogens (primary N) is 1. The van der Waals surface area contributed by atoms with Gasteiger partial charge in [0.1, 0.15) is 0 Å². The molecule has 2 heterocycles. The molecule has 2 N–H and O–H groups in total. The smallest absolute Gasteiger partial charge is 0.0549 e. The SMILES string of the molecule is CC(c1ccnn1C)N1CCCC(CCN)C1. The lowest BCUT2D eigenvalue weighted by Gasteiger charge is -2.36. The summed E-state index contributed by atoms with van der Waals surface area (Å²) >= 11 is 0. The minimum absolute atomic E-state index is 0.461. The Kier molecular flexibility index (Phi) is 4.18. The first kappa shape index (κ1) is 12.6. The summed E-state index contributed by atoms with van der Waals surface area (Å²) in [5.74, 6) is 0.782. The molecule has 2 unspecified atom stereocenters. The second-order valence-electron chi connectivity index (χ2n) is 5.14. The number of aryl methyl sites for hydroxylation is 1. The molecule has 2 atom stereocenters. The van der Waals surface area contributed by atoms with Crippen LogP contribution in [0.5, 0.6) is 0 Å². The van der Waals surface area contributed by atoms with Gasteiger partial charge in [-0.05, 0) is 51.3 Å². The van der Waals surface area contributed by atoms with Crippen molar-refractivity contribution in [3.8, 4) is 0 Å². The van der Waals surface area contributed by atoms with Gasteiger partial charge in [0.25, 0.3) is 0 Å². The van der Waals surface area contributed by atoms with Gasteiger partial charge in [-0.15, -0.1) is 0 Å². The summed E-state index contributed by atoms with van der Waals surface area (Å²) in [6, 6.07) is 2.58. The average molecular weight is 236 g/mol. The van der Waals surface area contributed by atoms with Crippen LogP contribution in [0.3, 0.4) is 0 Å². The zero-order chi connectivity index (χ0) is 12.3. The van der Waals surface area contributed by atoms with E-state index in [-0.39, 0.29) is 0 Å². The van der Waals surface area contributed by atoms with Crippen LogP contribution in [0.15, 0.2) is 12.3 Å². The first-order chi connectivity index (χ1) is 8.22. The summed E-state index contributed by atoms with van der Waals surface area (Å²) in [7, 11) is 2.02. The van der Waals surface area contributed by atoms with Crippen LogP contribution in [-0.4, -0.2) is 34.3 Å². The molecule has 4 heteroatoms. The highest BCUT2D eigenvalue weighted by Gasteiger charge is 2.25. The second kappa shape index (κ2) is 5.65. The molecule has 1 aromatic heterocycles. The molecule has 96 valence electrons. The lowest BCUT2D eigenvalue weighted by Crippen LogP contribution is -2.38. The number of nitrogens with zero attached hydrogens (tertiary/aromatic N) is 3. The molecule has 2 rings (SSSR count). The molecular formula is C13H24N4. The van der Waals surface area contributed by atoms with Crippen molar-refractivity contribution in [1.29, 1.82) is 0 Å². The van der Waals surface area contributed by atoms with Crippen LogP contribution in [0.25, 0.3) is 0 Å². The summed E-state index contributed by atoms with van der Waals surface area (Å²) in [6.45, 7) is 5.48. The van der Waals surface area contributed by atoms with Gasteiger partial charge in [-0.25, -0.2) is 0 Å². The Bertz CT molecular complexity index is 345. The fourth-order valence-corrected chi connectivity index (χ4v) is 2.90. The van der Waals surface area contributed by atoms with Crippen LogP contribution < -0.4 is 5.73 Å². The fraction of sp³-hybridized carbons (Fsp3) is 0.769. The van der Waals surface area contributed by atoms with Crippen LogP contribution in [0.1, 0.15) is 37.9 Å². The Morgan fingerprint density at radius 3 is 3.06 bits per heavy atom. The zero-order valence-electron chi connectivity index (χ0n) is 11.0. The maximum absolute atomic E-state index is 5.67. The quantitative estimate of drug-likeness (QED) is 0.862. The molecule has 1 aliphatic rings. The normalized spacial score (nSPS) is 23.8. The molecule has 17 heavy (non-hydrogen) atoms. The number of rotatable bonds is 4. The average Bonchev–Trinajstić information content (AvgIpc) is 2.75. The van der Waals surface area contributed by atoms with Gasteiger partial charge in [0.15, 0.2) is 0 Å². The number of likely N-dealkylation sites (tertiary alicyclic amines) is 1. The predicted molar refractivity (Wildman–Crippen MR) is 69.6 cm³/mol. The van der Waals surface area contributed by atoms with E-state index in [9.17, 15) is 0 Å². The molecular weight excluding hydrogens is 212 g/mol. The highest BCUT2D eigenvalue weighted by molar-refractivity contribution is 5.06. The van der Waals surface area contributed by atoms with E-state index in [2.05, 4.69) is 23.0 Å². The number of hydrogen-bond donors (Lipinski definition) is 1. The van der Waals surface area contributed by atoms with E-state index in [1.165, 1.54) is 31.6 Å². The monoisotopic (exact) mass is 236 g/mol. The molecule has 0 radical (unpaired) electrons. The van der Waals surface area contributed by atoms with Crippen molar-refractivity contribution >= 4 is 0 Å². The van der Waals surface area contributed by atoms with E-state index >= 15 is 0 Å². The number of aromatic nitrogens is 2. The first-order valence-electron chi connectivity index (χ1n) is 6.64. The Balaban J connectivity index is 1.99. The topological polar surface area (TPSA) is 47.1 Å². The zero-order valence-corrected chi connectivity index (χ0v) is 11.0. The van der Waals surface area contributed by atoms with Crippen molar-refractivity contribution in [1.82, 2.24) is 14.7 Å². The van der Waals surface area contributed by atoms with Crippen LogP contribution >= 0.6 is 0 Å². The van der Waals surface area contributed by atoms with Gasteiger partial charge in [0.05, 0.1) is 5.69 Å². The van der Waals surface area contributed by atoms with E-state index in [0.717, 1.165) is 18.9 Å². The molecule has 1 aromatic rings. The standard InChI is InChI=1S/C13H24N4/c1-11(13-6-8-15-16(13)2)17-9-3-4-12(10-17)5-7-14/h6,8,11-12H,3-5,7,9-10,14H2,1-2H3. The van der Waals surface area contributed by atoms with Crippen LogP contribution in [0.2, 0.25) is 0 Å². The fourth-order valence-electron chi connectivity index (χ4n) is 2.90. The van der Waals surface area contributed by atoms with Gasteiger partial charge in [0.2, 0.25) is 0 Å². The highest BCUT2D eigenvalue weighted by Crippen LogP contribution is 2.27. The van der Waals surface area contributed by atoms with E-state index in [4.69, 9.17) is 5.73 Å². The van der Waals surface area contributed by atoms with Crippen molar-refractivity contribution in [3.63, 3.8) is 0 Å². The van der Waals surface area contributed by atoms with Gasteiger partial charge < -0.3 is 5.73 Å². The molecule has 1 aliphatic heterocycles. The van der Waals surface area contributed by atoms with E-state index < -0.39 is 0 Å². The third-order valence-electron chi connectivity index (χ3n) is 3.96. The number of piperidine rings is 1. The molecule has 1 fully saturated rings. The molecule has 1 saturated heterocycles. The lowest BCUT2D eigenvalue weighted by atomic mass is 9.93.